The summed E-state index contributed by atoms with van der Waals surface area (Å²) in [6.45, 7) is 0.448. The zero-order valence-electron chi connectivity index (χ0n) is 14.6. The van der Waals surface area contributed by atoms with E-state index in [1.165, 1.54) is 4.57 Å². The predicted octanol–water partition coefficient (Wildman–Crippen LogP) is 2.44. The number of rotatable bonds is 4. The summed E-state index contributed by atoms with van der Waals surface area (Å²) in [6, 6.07) is 12.7. The maximum atomic E-state index is 12.4. The number of amides is 1. The molecule has 2 aromatic heterocycles. The van der Waals surface area contributed by atoms with Crippen LogP contribution < -0.4 is 10.9 Å². The third-order valence-electron chi connectivity index (χ3n) is 4.45. The van der Waals surface area contributed by atoms with Gasteiger partial charge in [-0.2, -0.15) is 0 Å². The molecule has 0 atom stereocenters. The van der Waals surface area contributed by atoms with Gasteiger partial charge in [0.05, 0.1) is 21.9 Å². The maximum Gasteiger partial charge on any atom is 0.261 e. The van der Waals surface area contributed by atoms with Crippen LogP contribution in [0.25, 0.3) is 21.9 Å². The van der Waals surface area contributed by atoms with E-state index in [0.717, 1.165) is 16.9 Å². The molecule has 0 aliphatic carbocycles. The highest BCUT2D eigenvalue weighted by atomic mass is 32.1. The highest BCUT2D eigenvalue weighted by Crippen LogP contribution is 2.12. The van der Waals surface area contributed by atoms with Gasteiger partial charge in [-0.1, -0.05) is 12.1 Å². The Bertz CT molecular complexity index is 1250. The van der Waals surface area contributed by atoms with Crippen molar-refractivity contribution in [3.63, 3.8) is 0 Å². The van der Waals surface area contributed by atoms with E-state index < -0.39 is 0 Å². The Hall–Kier alpha value is -3.26. The molecule has 4 aromatic rings. The van der Waals surface area contributed by atoms with Crippen molar-refractivity contribution < 1.29 is 4.79 Å². The standard InChI is InChI=1S/C19H17N5O2S/c1-24-18(26)12-7-6-11(10-15(12)23-19(24)27)17(25)20-9-8-16-21-13-4-2-3-5-14(13)22-16/h2-7,10H,8-9H2,1H3,(H,20,25)(H,21,22)(H,23,27). The molecule has 0 bridgehead atoms. The Morgan fingerprint density at radius 3 is 2.81 bits per heavy atom. The topological polar surface area (TPSA) is 95.6 Å². The van der Waals surface area contributed by atoms with E-state index in [-0.39, 0.29) is 11.5 Å². The molecule has 0 unspecified atom stereocenters. The van der Waals surface area contributed by atoms with Gasteiger partial charge in [0.15, 0.2) is 4.77 Å². The number of H-pyrrole nitrogens is 2. The van der Waals surface area contributed by atoms with Crippen molar-refractivity contribution in [3.05, 3.63) is 69.0 Å². The first-order chi connectivity index (χ1) is 13.0. The number of nitrogens with zero attached hydrogens (tertiary/aromatic N) is 2. The summed E-state index contributed by atoms with van der Waals surface area (Å²) in [5, 5.41) is 3.37. The molecule has 27 heavy (non-hydrogen) atoms. The molecule has 0 aliphatic rings. The van der Waals surface area contributed by atoms with Gasteiger partial charge >= 0.3 is 0 Å². The zero-order chi connectivity index (χ0) is 19.0. The number of benzene rings is 2. The van der Waals surface area contributed by atoms with Gasteiger partial charge in [0, 0.05) is 25.6 Å². The van der Waals surface area contributed by atoms with Crippen LogP contribution >= 0.6 is 12.2 Å². The molecule has 0 saturated heterocycles. The summed E-state index contributed by atoms with van der Waals surface area (Å²) >= 11 is 5.12. The summed E-state index contributed by atoms with van der Waals surface area (Å²) in [6.07, 6.45) is 0.594. The molecular formula is C19H17N5O2S. The number of aromatic nitrogens is 4. The monoisotopic (exact) mass is 379 g/mol. The summed E-state index contributed by atoms with van der Waals surface area (Å²) in [5.74, 6) is 0.607. The number of nitrogens with one attached hydrogen (secondary N) is 3. The predicted molar refractivity (Wildman–Crippen MR) is 107 cm³/mol. The second-order valence-electron chi connectivity index (χ2n) is 6.26. The normalized spacial score (nSPS) is 11.1. The number of hydrogen-bond donors (Lipinski definition) is 3. The third kappa shape index (κ3) is 3.26. The molecule has 136 valence electrons. The molecule has 8 heteroatoms. The first-order valence-corrected chi connectivity index (χ1v) is 8.88. The van der Waals surface area contributed by atoms with Crippen LogP contribution in [-0.4, -0.2) is 32.0 Å². The Morgan fingerprint density at radius 2 is 2.00 bits per heavy atom. The number of para-hydroxylation sites is 2. The maximum absolute atomic E-state index is 12.4. The molecular weight excluding hydrogens is 362 g/mol. The minimum atomic E-state index is -0.215. The van der Waals surface area contributed by atoms with E-state index in [4.69, 9.17) is 12.2 Å². The number of fused-ring (bicyclic) bond motifs is 2. The molecule has 7 nitrogen and oxygen atoms in total. The minimum Gasteiger partial charge on any atom is -0.352 e. The fourth-order valence-electron chi connectivity index (χ4n) is 2.97. The lowest BCUT2D eigenvalue weighted by Crippen LogP contribution is -2.26. The van der Waals surface area contributed by atoms with Gasteiger partial charge in [0.25, 0.3) is 11.5 Å². The molecule has 0 radical (unpaired) electrons. The number of aromatic amines is 2. The Kier molecular flexibility index (Phi) is 4.33. The van der Waals surface area contributed by atoms with Crippen molar-refractivity contribution >= 4 is 40.1 Å². The Balaban J connectivity index is 1.48. The van der Waals surface area contributed by atoms with Crippen LogP contribution in [0.2, 0.25) is 0 Å². The highest BCUT2D eigenvalue weighted by molar-refractivity contribution is 7.71. The average Bonchev–Trinajstić information content (AvgIpc) is 3.08. The SMILES string of the molecule is Cn1c(=S)[nH]c2cc(C(=O)NCCc3nc4ccccc4[nH]3)ccc2c1=O. The second kappa shape index (κ2) is 6.81. The van der Waals surface area contributed by atoms with Crippen LogP contribution in [0, 0.1) is 4.77 Å². The van der Waals surface area contributed by atoms with E-state index >= 15 is 0 Å². The first kappa shape index (κ1) is 17.2. The van der Waals surface area contributed by atoms with Crippen LogP contribution in [0.1, 0.15) is 16.2 Å². The minimum absolute atomic E-state index is 0.189. The zero-order valence-corrected chi connectivity index (χ0v) is 15.4. The quantitative estimate of drug-likeness (QED) is 0.475. The summed E-state index contributed by atoms with van der Waals surface area (Å²) < 4.78 is 1.68. The lowest BCUT2D eigenvalue weighted by molar-refractivity contribution is 0.0954. The van der Waals surface area contributed by atoms with E-state index in [0.29, 0.717) is 34.2 Å². The van der Waals surface area contributed by atoms with Gasteiger partial charge in [-0.25, -0.2) is 4.98 Å². The summed E-state index contributed by atoms with van der Waals surface area (Å²) in [5.41, 5.74) is 2.71. The highest BCUT2D eigenvalue weighted by Gasteiger charge is 2.10. The third-order valence-corrected chi connectivity index (χ3v) is 4.82. The first-order valence-electron chi connectivity index (χ1n) is 8.48. The van der Waals surface area contributed by atoms with E-state index in [1.54, 1.807) is 25.2 Å². The van der Waals surface area contributed by atoms with E-state index in [1.807, 2.05) is 24.3 Å². The molecule has 1 amide bonds. The molecule has 2 aromatic carbocycles. The van der Waals surface area contributed by atoms with Gasteiger partial charge in [-0.15, -0.1) is 0 Å². The fraction of sp³-hybridized carbons (Fsp3) is 0.158. The van der Waals surface area contributed by atoms with E-state index in [9.17, 15) is 9.59 Å². The van der Waals surface area contributed by atoms with E-state index in [2.05, 4.69) is 20.3 Å². The van der Waals surface area contributed by atoms with Crippen LogP contribution in [0.4, 0.5) is 0 Å². The summed E-state index contributed by atoms with van der Waals surface area (Å²) in [4.78, 5) is 35.3. The van der Waals surface area contributed by atoms with Crippen molar-refractivity contribution in [2.45, 2.75) is 6.42 Å². The molecule has 0 fully saturated rings. The van der Waals surface area contributed by atoms with Crippen molar-refractivity contribution in [1.82, 2.24) is 24.8 Å². The van der Waals surface area contributed by atoms with Crippen LogP contribution in [0.15, 0.2) is 47.3 Å². The largest absolute Gasteiger partial charge is 0.352 e. The van der Waals surface area contributed by atoms with Crippen LogP contribution in [0.3, 0.4) is 0 Å². The van der Waals surface area contributed by atoms with Gasteiger partial charge in [-0.05, 0) is 42.5 Å². The van der Waals surface area contributed by atoms with Gasteiger partial charge in [0.1, 0.15) is 5.82 Å². The lowest BCUT2D eigenvalue weighted by Gasteiger charge is -2.07. The number of carbonyl (C=O) groups is 1. The number of carbonyl (C=O) groups excluding carboxylic acids is 1. The fourth-order valence-corrected chi connectivity index (χ4v) is 3.16. The molecule has 4 rings (SSSR count). The van der Waals surface area contributed by atoms with Gasteiger partial charge < -0.3 is 15.3 Å². The van der Waals surface area contributed by atoms with Gasteiger partial charge in [-0.3, -0.25) is 14.2 Å². The molecule has 0 saturated carbocycles. The lowest BCUT2D eigenvalue weighted by atomic mass is 10.1. The number of hydrogen-bond acceptors (Lipinski definition) is 4. The number of imidazole rings is 1. The molecule has 0 aliphatic heterocycles. The Morgan fingerprint density at radius 1 is 1.19 bits per heavy atom. The van der Waals surface area contributed by atoms with Crippen molar-refractivity contribution in [2.75, 3.05) is 6.54 Å². The summed E-state index contributed by atoms with van der Waals surface area (Å²) in [7, 11) is 1.61. The van der Waals surface area contributed by atoms with Crippen LogP contribution in [-0.2, 0) is 13.5 Å². The molecule has 3 N–H and O–H groups in total. The van der Waals surface area contributed by atoms with Crippen molar-refractivity contribution in [2.24, 2.45) is 7.05 Å². The molecule has 2 heterocycles. The van der Waals surface area contributed by atoms with Crippen molar-refractivity contribution in [3.8, 4) is 0 Å². The smallest absolute Gasteiger partial charge is 0.261 e. The molecule has 0 spiro atoms. The van der Waals surface area contributed by atoms with Gasteiger partial charge in [0.2, 0.25) is 0 Å². The second-order valence-corrected chi connectivity index (χ2v) is 6.65. The van der Waals surface area contributed by atoms with Crippen molar-refractivity contribution in [1.29, 1.82) is 0 Å². The Labute approximate surface area is 159 Å². The van der Waals surface area contributed by atoms with Crippen LogP contribution in [0.5, 0.6) is 0 Å². The average molecular weight is 379 g/mol.